The molecule has 2 atom stereocenters. The molecule has 0 aromatic heterocycles. The van der Waals surface area contributed by atoms with E-state index in [-0.39, 0.29) is 11.9 Å². The second-order valence-corrected chi connectivity index (χ2v) is 7.64. The highest BCUT2D eigenvalue weighted by Gasteiger charge is 2.27. The van der Waals surface area contributed by atoms with E-state index in [1.54, 1.807) is 6.07 Å². The second-order valence-electron chi connectivity index (χ2n) is 6.41. The van der Waals surface area contributed by atoms with Crippen LogP contribution in [-0.2, 0) is 4.79 Å². The van der Waals surface area contributed by atoms with E-state index in [2.05, 4.69) is 23.5 Å². The van der Waals surface area contributed by atoms with Crippen LogP contribution in [0.4, 0.5) is 5.69 Å². The second kappa shape index (κ2) is 8.45. The summed E-state index contributed by atoms with van der Waals surface area (Å²) in [4.78, 5) is 13.8. The molecular weight excluding hydrogens is 391 g/mol. The molecule has 0 fully saturated rings. The number of quaternary nitrogens is 1. The van der Waals surface area contributed by atoms with Crippen LogP contribution in [0.2, 0.25) is 15.1 Å². The van der Waals surface area contributed by atoms with Crippen LogP contribution in [0.3, 0.4) is 0 Å². The number of carbonyl (C=O) groups excluding carboxylic acids is 1. The quantitative estimate of drug-likeness (QED) is 0.722. The number of anilines is 1. The monoisotopic (exact) mass is 409 g/mol. The van der Waals surface area contributed by atoms with E-state index in [0.717, 1.165) is 19.5 Å². The molecule has 0 aliphatic carbocycles. The minimum Gasteiger partial charge on any atom is -0.321 e. The van der Waals surface area contributed by atoms with Crippen LogP contribution in [0.15, 0.2) is 48.5 Å². The van der Waals surface area contributed by atoms with Crippen LogP contribution < -0.4 is 10.2 Å². The van der Waals surface area contributed by atoms with Crippen LogP contribution >= 0.6 is 34.8 Å². The smallest absolute Gasteiger partial charge is 0.282 e. The van der Waals surface area contributed by atoms with E-state index in [1.165, 1.54) is 22.1 Å². The first-order valence-electron chi connectivity index (χ1n) is 8.50. The number of amides is 1. The molecule has 1 heterocycles. The lowest BCUT2D eigenvalue weighted by Gasteiger charge is -2.28. The first-order valence-corrected chi connectivity index (χ1v) is 9.63. The summed E-state index contributed by atoms with van der Waals surface area (Å²) in [6.45, 7) is 3.65. The third kappa shape index (κ3) is 4.41. The van der Waals surface area contributed by atoms with Crippen molar-refractivity contribution in [3.8, 4) is 0 Å². The van der Waals surface area contributed by atoms with Gasteiger partial charge in [-0.1, -0.05) is 65.1 Å². The molecule has 26 heavy (non-hydrogen) atoms. The molecule has 6 heteroatoms. The molecule has 0 spiro atoms. The van der Waals surface area contributed by atoms with E-state index >= 15 is 0 Å². The normalized spacial score (nSPS) is 18.2. The zero-order chi connectivity index (χ0) is 18.7. The highest BCUT2D eigenvalue weighted by atomic mass is 35.5. The molecule has 0 saturated heterocycles. The Morgan fingerprint density at radius 2 is 1.77 bits per heavy atom. The number of nitrogens with one attached hydrogen (secondary N) is 2. The third-order valence-electron chi connectivity index (χ3n) is 4.74. The number of hydrogen-bond donors (Lipinski definition) is 2. The molecule has 1 aliphatic heterocycles. The summed E-state index contributed by atoms with van der Waals surface area (Å²) in [6.07, 6.45) is 3.18. The van der Waals surface area contributed by atoms with Crippen molar-refractivity contribution in [3.05, 3.63) is 69.2 Å². The van der Waals surface area contributed by atoms with Gasteiger partial charge in [-0.05, 0) is 36.3 Å². The van der Waals surface area contributed by atoms with Gasteiger partial charge in [0.1, 0.15) is 0 Å². The summed E-state index contributed by atoms with van der Waals surface area (Å²) in [6, 6.07) is 13.3. The van der Waals surface area contributed by atoms with Crippen LogP contribution in [0.25, 0.3) is 5.57 Å². The fraction of sp³-hybridized carbons (Fsp3) is 0.250. The zero-order valence-corrected chi connectivity index (χ0v) is 16.6. The molecule has 1 unspecified atom stereocenters. The Hall–Kier alpha value is -1.52. The van der Waals surface area contributed by atoms with Gasteiger partial charge in [-0.25, -0.2) is 0 Å². The molecule has 2 aromatic carbocycles. The summed E-state index contributed by atoms with van der Waals surface area (Å²) in [5.41, 5.74) is 3.08. The molecule has 136 valence electrons. The Bertz CT molecular complexity index is 836. The van der Waals surface area contributed by atoms with Gasteiger partial charge in [-0.2, -0.15) is 0 Å². The Kier molecular flexibility index (Phi) is 6.25. The number of halogens is 3. The summed E-state index contributed by atoms with van der Waals surface area (Å²) in [5.74, 6) is -0.0862. The van der Waals surface area contributed by atoms with E-state index in [0.29, 0.717) is 20.8 Å². The van der Waals surface area contributed by atoms with E-state index in [9.17, 15) is 4.79 Å². The fourth-order valence-corrected chi connectivity index (χ4v) is 3.70. The minimum atomic E-state index is -0.200. The van der Waals surface area contributed by atoms with Crippen molar-refractivity contribution in [3.63, 3.8) is 0 Å². The molecule has 1 amide bonds. The predicted molar refractivity (Wildman–Crippen MR) is 109 cm³/mol. The van der Waals surface area contributed by atoms with Crippen molar-refractivity contribution in [2.24, 2.45) is 0 Å². The van der Waals surface area contributed by atoms with Gasteiger partial charge in [-0.3, -0.25) is 4.79 Å². The fourth-order valence-electron chi connectivity index (χ4n) is 3.11. The molecule has 0 saturated carbocycles. The van der Waals surface area contributed by atoms with E-state index in [4.69, 9.17) is 34.8 Å². The first kappa shape index (κ1) is 19.2. The Morgan fingerprint density at radius 1 is 1.08 bits per heavy atom. The van der Waals surface area contributed by atoms with Crippen LogP contribution in [0.5, 0.6) is 0 Å². The third-order valence-corrected chi connectivity index (χ3v) is 5.78. The van der Waals surface area contributed by atoms with Gasteiger partial charge < -0.3 is 10.2 Å². The average molecular weight is 411 g/mol. The van der Waals surface area contributed by atoms with Crippen molar-refractivity contribution >= 4 is 52.0 Å². The molecule has 0 bridgehead atoms. The van der Waals surface area contributed by atoms with Gasteiger partial charge in [0.25, 0.3) is 5.91 Å². The molecule has 1 aliphatic rings. The number of hydrogen-bond acceptors (Lipinski definition) is 1. The lowest BCUT2D eigenvalue weighted by Crippen LogP contribution is -3.17. The predicted octanol–water partition coefficient (Wildman–Crippen LogP) is 4.35. The Balaban J connectivity index is 1.65. The van der Waals surface area contributed by atoms with Gasteiger partial charge in [-0.15, -0.1) is 0 Å². The summed E-state index contributed by atoms with van der Waals surface area (Å²) < 4.78 is 0. The topological polar surface area (TPSA) is 33.5 Å². The largest absolute Gasteiger partial charge is 0.321 e. The van der Waals surface area contributed by atoms with Crippen molar-refractivity contribution in [2.75, 3.05) is 18.4 Å². The van der Waals surface area contributed by atoms with Gasteiger partial charge in [0, 0.05) is 6.42 Å². The maximum atomic E-state index is 12.6. The van der Waals surface area contributed by atoms with Crippen molar-refractivity contribution < 1.29 is 9.69 Å². The van der Waals surface area contributed by atoms with E-state index in [1.807, 2.05) is 25.1 Å². The van der Waals surface area contributed by atoms with Gasteiger partial charge in [0.2, 0.25) is 0 Å². The number of rotatable bonds is 4. The highest BCUT2D eigenvalue weighted by molar-refractivity contribution is 6.44. The summed E-state index contributed by atoms with van der Waals surface area (Å²) in [5, 5.41) is 3.96. The SMILES string of the molecule is C[C@H](C(=O)Nc1cc(Cl)c(Cl)cc1Cl)[NH+]1CC=C(c2ccccc2)CC1. The molecule has 2 aromatic rings. The molecule has 0 radical (unpaired) electrons. The Morgan fingerprint density at radius 3 is 2.42 bits per heavy atom. The average Bonchev–Trinajstić information content (AvgIpc) is 2.66. The van der Waals surface area contributed by atoms with Crippen LogP contribution in [0, 0.1) is 0 Å². The van der Waals surface area contributed by atoms with Gasteiger partial charge in [0.15, 0.2) is 6.04 Å². The van der Waals surface area contributed by atoms with Crippen LogP contribution in [-0.4, -0.2) is 25.0 Å². The number of carbonyl (C=O) groups is 1. The van der Waals surface area contributed by atoms with Crippen LogP contribution in [0.1, 0.15) is 18.9 Å². The summed E-state index contributed by atoms with van der Waals surface area (Å²) in [7, 11) is 0. The first-order chi connectivity index (χ1) is 12.5. The molecule has 2 N–H and O–H groups in total. The van der Waals surface area contributed by atoms with E-state index < -0.39 is 0 Å². The Labute approximate surface area is 168 Å². The molecular formula is C20H20Cl3N2O+. The molecule has 3 rings (SSSR count). The maximum absolute atomic E-state index is 12.6. The lowest BCUT2D eigenvalue weighted by atomic mass is 9.99. The standard InChI is InChI=1S/C20H19Cl3N2O/c1-13(20(26)24-19-12-17(22)16(21)11-18(19)23)25-9-7-15(8-10-25)14-5-3-2-4-6-14/h2-7,11-13H,8-10H2,1H3,(H,24,26)/p+1/t13-/m1/s1. The van der Waals surface area contributed by atoms with Crippen molar-refractivity contribution in [1.82, 2.24) is 0 Å². The van der Waals surface area contributed by atoms with Gasteiger partial charge in [0.05, 0.1) is 33.8 Å². The summed E-state index contributed by atoms with van der Waals surface area (Å²) >= 11 is 18.1. The minimum absolute atomic E-state index is 0.0862. The van der Waals surface area contributed by atoms with Gasteiger partial charge >= 0.3 is 0 Å². The zero-order valence-electron chi connectivity index (χ0n) is 14.4. The van der Waals surface area contributed by atoms with Crippen molar-refractivity contribution in [2.45, 2.75) is 19.4 Å². The van der Waals surface area contributed by atoms with Crippen molar-refractivity contribution in [1.29, 1.82) is 0 Å². The maximum Gasteiger partial charge on any atom is 0.282 e. The lowest BCUT2D eigenvalue weighted by molar-refractivity contribution is -0.909. The highest BCUT2D eigenvalue weighted by Crippen LogP contribution is 2.32. The number of benzene rings is 2. The molecule has 3 nitrogen and oxygen atoms in total.